The Balaban J connectivity index is 2.21. The van der Waals surface area contributed by atoms with Gasteiger partial charge in [-0.3, -0.25) is 0 Å². The van der Waals surface area contributed by atoms with Crippen molar-refractivity contribution in [3.63, 3.8) is 0 Å². The van der Waals surface area contributed by atoms with Crippen molar-refractivity contribution >= 4 is 17.4 Å². The fraction of sp³-hybridized carbons (Fsp3) is 0.182. The van der Waals surface area contributed by atoms with E-state index in [-0.39, 0.29) is 0 Å². The standard InChI is InChI=1S/C11H12N2OS/c1-7-3-4-9(5-10(7)12)15-11-13-8(2)6-14-11/h3-6H,12H2,1-2H3. The van der Waals surface area contributed by atoms with E-state index in [0.29, 0.717) is 5.22 Å². The van der Waals surface area contributed by atoms with Crippen LogP contribution < -0.4 is 5.73 Å². The van der Waals surface area contributed by atoms with Crippen molar-refractivity contribution in [1.29, 1.82) is 0 Å². The van der Waals surface area contributed by atoms with Crippen molar-refractivity contribution in [2.75, 3.05) is 5.73 Å². The van der Waals surface area contributed by atoms with E-state index < -0.39 is 0 Å². The van der Waals surface area contributed by atoms with Gasteiger partial charge in [-0.1, -0.05) is 6.07 Å². The van der Waals surface area contributed by atoms with Crippen molar-refractivity contribution in [2.45, 2.75) is 24.0 Å². The summed E-state index contributed by atoms with van der Waals surface area (Å²) in [6.45, 7) is 3.89. The third kappa shape index (κ3) is 2.33. The van der Waals surface area contributed by atoms with Gasteiger partial charge in [-0.2, -0.15) is 0 Å². The zero-order valence-corrected chi connectivity index (χ0v) is 9.47. The minimum Gasteiger partial charge on any atom is -0.439 e. The van der Waals surface area contributed by atoms with Crippen molar-refractivity contribution < 1.29 is 4.42 Å². The van der Waals surface area contributed by atoms with Gasteiger partial charge >= 0.3 is 0 Å². The SMILES string of the molecule is Cc1coc(Sc2ccc(C)c(N)c2)n1. The molecule has 2 rings (SSSR count). The maximum atomic E-state index is 5.82. The molecule has 0 aliphatic rings. The van der Waals surface area contributed by atoms with Crippen LogP contribution in [0, 0.1) is 13.8 Å². The predicted molar refractivity (Wildman–Crippen MR) is 61.0 cm³/mol. The lowest BCUT2D eigenvalue weighted by atomic mass is 10.2. The summed E-state index contributed by atoms with van der Waals surface area (Å²) in [5.74, 6) is 0. The average molecular weight is 220 g/mol. The molecule has 1 aromatic heterocycles. The van der Waals surface area contributed by atoms with Crippen LogP contribution in [0.5, 0.6) is 0 Å². The molecular formula is C11H12N2OS. The minimum absolute atomic E-state index is 0.649. The summed E-state index contributed by atoms with van der Waals surface area (Å²) in [7, 11) is 0. The van der Waals surface area contributed by atoms with Gasteiger partial charge in [0.15, 0.2) is 0 Å². The first kappa shape index (κ1) is 10.1. The lowest BCUT2D eigenvalue weighted by Crippen LogP contribution is -1.88. The van der Waals surface area contributed by atoms with Gasteiger partial charge in [0.05, 0.1) is 5.69 Å². The normalized spacial score (nSPS) is 10.5. The smallest absolute Gasteiger partial charge is 0.260 e. The Morgan fingerprint density at radius 3 is 2.73 bits per heavy atom. The number of nitrogens with two attached hydrogens (primary N) is 1. The Hall–Kier alpha value is -1.42. The Morgan fingerprint density at radius 2 is 2.13 bits per heavy atom. The molecule has 4 heteroatoms. The molecule has 78 valence electrons. The first-order chi connectivity index (χ1) is 7.15. The topological polar surface area (TPSA) is 52.0 Å². The summed E-state index contributed by atoms with van der Waals surface area (Å²) < 4.78 is 5.25. The fourth-order valence-electron chi connectivity index (χ4n) is 1.16. The van der Waals surface area contributed by atoms with E-state index in [1.54, 1.807) is 6.26 Å². The van der Waals surface area contributed by atoms with E-state index in [1.165, 1.54) is 11.8 Å². The molecule has 2 N–H and O–H groups in total. The molecule has 0 fully saturated rings. The lowest BCUT2D eigenvalue weighted by molar-refractivity contribution is 0.454. The van der Waals surface area contributed by atoms with Gasteiger partial charge in [0.25, 0.3) is 5.22 Å². The second-order valence-corrected chi connectivity index (χ2v) is 4.40. The number of nitrogens with zero attached hydrogens (tertiary/aromatic N) is 1. The molecule has 2 aromatic rings. The van der Waals surface area contributed by atoms with Crippen LogP contribution in [0.25, 0.3) is 0 Å². The number of benzene rings is 1. The van der Waals surface area contributed by atoms with E-state index in [4.69, 9.17) is 10.2 Å². The summed E-state index contributed by atoms with van der Waals surface area (Å²) in [6.07, 6.45) is 1.64. The van der Waals surface area contributed by atoms with Gasteiger partial charge in [0.2, 0.25) is 0 Å². The van der Waals surface area contributed by atoms with Gasteiger partial charge < -0.3 is 10.2 Å². The summed E-state index contributed by atoms with van der Waals surface area (Å²) in [6, 6.07) is 5.93. The van der Waals surface area contributed by atoms with Crippen LogP contribution in [0.3, 0.4) is 0 Å². The van der Waals surface area contributed by atoms with Crippen molar-refractivity contribution in [1.82, 2.24) is 4.98 Å². The average Bonchev–Trinajstić information content (AvgIpc) is 2.58. The molecule has 0 spiro atoms. The van der Waals surface area contributed by atoms with Crippen LogP contribution >= 0.6 is 11.8 Å². The Bertz CT molecular complexity index is 479. The quantitative estimate of drug-likeness (QED) is 0.790. The maximum absolute atomic E-state index is 5.82. The monoisotopic (exact) mass is 220 g/mol. The third-order valence-electron chi connectivity index (χ3n) is 2.05. The number of anilines is 1. The Morgan fingerprint density at radius 1 is 1.33 bits per heavy atom. The summed E-state index contributed by atoms with van der Waals surface area (Å²) in [5.41, 5.74) is 8.58. The van der Waals surface area contributed by atoms with E-state index >= 15 is 0 Å². The van der Waals surface area contributed by atoms with E-state index in [9.17, 15) is 0 Å². The first-order valence-corrected chi connectivity index (χ1v) is 5.43. The zero-order chi connectivity index (χ0) is 10.8. The maximum Gasteiger partial charge on any atom is 0.260 e. The molecule has 0 aliphatic heterocycles. The van der Waals surface area contributed by atoms with Crippen molar-refractivity contribution in [3.05, 3.63) is 35.7 Å². The number of aromatic nitrogens is 1. The molecule has 0 unspecified atom stereocenters. The molecule has 3 nitrogen and oxygen atoms in total. The van der Waals surface area contributed by atoms with E-state index in [0.717, 1.165) is 21.8 Å². The summed E-state index contributed by atoms with van der Waals surface area (Å²) in [5, 5.41) is 0.649. The molecule has 0 saturated carbocycles. The van der Waals surface area contributed by atoms with Crippen LogP contribution in [0.2, 0.25) is 0 Å². The zero-order valence-electron chi connectivity index (χ0n) is 8.65. The fourth-order valence-corrected chi connectivity index (χ4v) is 1.97. The van der Waals surface area contributed by atoms with Crippen LogP contribution in [0.1, 0.15) is 11.3 Å². The van der Waals surface area contributed by atoms with Gasteiger partial charge in [0.1, 0.15) is 6.26 Å². The Kier molecular flexibility index (Phi) is 2.68. The van der Waals surface area contributed by atoms with Crippen LogP contribution in [0.4, 0.5) is 5.69 Å². The molecule has 0 aliphatic carbocycles. The number of nitrogen functional groups attached to an aromatic ring is 1. The number of rotatable bonds is 2. The van der Waals surface area contributed by atoms with E-state index in [1.807, 2.05) is 32.0 Å². The highest BCUT2D eigenvalue weighted by atomic mass is 32.2. The number of oxazole rings is 1. The number of hydrogen-bond acceptors (Lipinski definition) is 4. The van der Waals surface area contributed by atoms with Gasteiger partial charge in [-0.25, -0.2) is 4.98 Å². The molecule has 0 amide bonds. The van der Waals surface area contributed by atoms with Crippen molar-refractivity contribution in [2.24, 2.45) is 0 Å². The minimum atomic E-state index is 0.649. The van der Waals surface area contributed by atoms with Crippen LogP contribution in [-0.4, -0.2) is 4.98 Å². The lowest BCUT2D eigenvalue weighted by Gasteiger charge is -2.01. The van der Waals surface area contributed by atoms with Gasteiger partial charge in [-0.05, 0) is 43.3 Å². The molecule has 1 aromatic carbocycles. The molecule has 0 radical (unpaired) electrons. The highest BCUT2D eigenvalue weighted by Crippen LogP contribution is 2.29. The Labute approximate surface area is 92.7 Å². The first-order valence-electron chi connectivity index (χ1n) is 4.61. The van der Waals surface area contributed by atoms with Gasteiger partial charge in [-0.15, -0.1) is 0 Å². The summed E-state index contributed by atoms with van der Waals surface area (Å²) in [4.78, 5) is 5.26. The second kappa shape index (κ2) is 3.98. The molecule has 0 atom stereocenters. The summed E-state index contributed by atoms with van der Waals surface area (Å²) >= 11 is 1.47. The highest BCUT2D eigenvalue weighted by molar-refractivity contribution is 7.99. The largest absolute Gasteiger partial charge is 0.439 e. The van der Waals surface area contributed by atoms with E-state index in [2.05, 4.69) is 4.98 Å². The second-order valence-electron chi connectivity index (χ2n) is 3.38. The predicted octanol–water partition coefficient (Wildman–Crippen LogP) is 3.02. The van der Waals surface area contributed by atoms with Crippen LogP contribution in [0.15, 0.2) is 39.0 Å². The molecule has 15 heavy (non-hydrogen) atoms. The number of hydrogen-bond donors (Lipinski definition) is 1. The number of aryl methyl sites for hydroxylation is 2. The highest BCUT2D eigenvalue weighted by Gasteiger charge is 2.04. The van der Waals surface area contributed by atoms with Crippen molar-refractivity contribution in [3.8, 4) is 0 Å². The molecular weight excluding hydrogens is 208 g/mol. The van der Waals surface area contributed by atoms with Gasteiger partial charge in [0, 0.05) is 10.6 Å². The molecule has 0 saturated heterocycles. The molecule has 1 heterocycles. The molecule has 0 bridgehead atoms. The van der Waals surface area contributed by atoms with Crippen LogP contribution in [-0.2, 0) is 0 Å². The third-order valence-corrected chi connectivity index (χ3v) is 2.91.